The van der Waals surface area contributed by atoms with Crippen LogP contribution in [0.3, 0.4) is 0 Å². The van der Waals surface area contributed by atoms with Gasteiger partial charge in [-0.3, -0.25) is 0 Å². The first-order chi connectivity index (χ1) is 7.75. The molecule has 1 aromatic carbocycles. The van der Waals surface area contributed by atoms with Crippen molar-refractivity contribution in [3.8, 4) is 11.6 Å². The molecular formula is C13H14N2O. The monoisotopic (exact) mass is 214 g/mol. The molecule has 0 radical (unpaired) electrons. The smallest absolute Gasteiger partial charge is 0.219 e. The van der Waals surface area contributed by atoms with Gasteiger partial charge in [0.05, 0.1) is 0 Å². The first-order valence-corrected chi connectivity index (χ1v) is 5.20. The molecular weight excluding hydrogens is 200 g/mol. The van der Waals surface area contributed by atoms with Crippen LogP contribution < -0.4 is 10.5 Å². The molecule has 0 amide bonds. The molecule has 0 saturated carbocycles. The molecule has 0 aliphatic heterocycles. The topological polar surface area (TPSA) is 48.1 Å². The molecule has 2 aromatic rings. The van der Waals surface area contributed by atoms with Crippen LogP contribution in [-0.2, 0) is 0 Å². The van der Waals surface area contributed by atoms with E-state index in [1.54, 1.807) is 6.20 Å². The minimum Gasteiger partial charge on any atom is -0.439 e. The van der Waals surface area contributed by atoms with E-state index in [0.29, 0.717) is 5.88 Å². The maximum Gasteiger partial charge on any atom is 0.219 e. The lowest BCUT2D eigenvalue weighted by molar-refractivity contribution is 0.462. The van der Waals surface area contributed by atoms with Crippen LogP contribution in [0.2, 0.25) is 0 Å². The van der Waals surface area contributed by atoms with Gasteiger partial charge in [0.1, 0.15) is 5.75 Å². The predicted octanol–water partition coefficient (Wildman–Crippen LogP) is 2.89. The largest absolute Gasteiger partial charge is 0.439 e. The Hall–Kier alpha value is -1.87. The van der Waals surface area contributed by atoms with Crippen LogP contribution in [-0.4, -0.2) is 4.98 Å². The summed E-state index contributed by atoms with van der Waals surface area (Å²) in [5.74, 6) is 1.35. The van der Waals surface area contributed by atoms with Crippen molar-refractivity contribution in [2.75, 3.05) is 0 Å². The minimum atomic E-state index is 0.00674. The zero-order chi connectivity index (χ0) is 11.4. The van der Waals surface area contributed by atoms with Crippen molar-refractivity contribution in [1.29, 1.82) is 0 Å². The molecule has 0 spiro atoms. The second-order valence-electron chi connectivity index (χ2n) is 3.63. The van der Waals surface area contributed by atoms with E-state index in [4.69, 9.17) is 10.5 Å². The van der Waals surface area contributed by atoms with Crippen molar-refractivity contribution in [2.24, 2.45) is 5.73 Å². The zero-order valence-electron chi connectivity index (χ0n) is 9.13. The lowest BCUT2D eigenvalue weighted by atomic mass is 10.1. The Balaban J connectivity index is 2.19. The number of hydrogen-bond acceptors (Lipinski definition) is 3. The van der Waals surface area contributed by atoms with Crippen LogP contribution in [0.1, 0.15) is 18.5 Å². The molecule has 1 aromatic heterocycles. The second kappa shape index (κ2) is 4.77. The van der Waals surface area contributed by atoms with Crippen LogP contribution in [0.25, 0.3) is 0 Å². The van der Waals surface area contributed by atoms with Gasteiger partial charge in [0, 0.05) is 18.3 Å². The first kappa shape index (κ1) is 10.6. The molecule has 0 fully saturated rings. The summed E-state index contributed by atoms with van der Waals surface area (Å²) in [6, 6.07) is 13.3. The summed E-state index contributed by atoms with van der Waals surface area (Å²) in [6.07, 6.45) is 1.70. The van der Waals surface area contributed by atoms with E-state index in [2.05, 4.69) is 4.98 Å². The Morgan fingerprint density at radius 1 is 1.19 bits per heavy atom. The van der Waals surface area contributed by atoms with Crippen LogP contribution in [0.15, 0.2) is 48.7 Å². The second-order valence-corrected chi connectivity index (χ2v) is 3.63. The summed E-state index contributed by atoms with van der Waals surface area (Å²) >= 11 is 0. The molecule has 16 heavy (non-hydrogen) atoms. The van der Waals surface area contributed by atoms with Gasteiger partial charge in [-0.05, 0) is 30.7 Å². The van der Waals surface area contributed by atoms with E-state index in [0.717, 1.165) is 11.3 Å². The normalized spacial score (nSPS) is 12.1. The average molecular weight is 214 g/mol. The summed E-state index contributed by atoms with van der Waals surface area (Å²) in [6.45, 7) is 1.94. The molecule has 2 N–H and O–H groups in total. The fourth-order valence-corrected chi connectivity index (χ4v) is 1.39. The Kier molecular flexibility index (Phi) is 3.17. The fourth-order valence-electron chi connectivity index (χ4n) is 1.39. The van der Waals surface area contributed by atoms with Crippen LogP contribution in [0, 0.1) is 0 Å². The van der Waals surface area contributed by atoms with Gasteiger partial charge in [-0.15, -0.1) is 0 Å². The summed E-state index contributed by atoms with van der Waals surface area (Å²) < 4.78 is 5.60. The molecule has 3 heteroatoms. The fraction of sp³-hybridized carbons (Fsp3) is 0.154. The van der Waals surface area contributed by atoms with E-state index in [-0.39, 0.29) is 6.04 Å². The highest BCUT2D eigenvalue weighted by atomic mass is 16.5. The molecule has 1 unspecified atom stereocenters. The van der Waals surface area contributed by atoms with Crippen LogP contribution in [0.5, 0.6) is 11.6 Å². The van der Waals surface area contributed by atoms with Gasteiger partial charge in [0.25, 0.3) is 0 Å². The standard InChI is InChI=1S/C13H14N2O/c1-10(14)11-5-4-6-12(9-11)16-13-7-2-3-8-15-13/h2-10H,14H2,1H3. The van der Waals surface area contributed by atoms with Crippen LogP contribution >= 0.6 is 0 Å². The molecule has 2 rings (SSSR count). The van der Waals surface area contributed by atoms with Crippen molar-refractivity contribution in [1.82, 2.24) is 4.98 Å². The van der Waals surface area contributed by atoms with Gasteiger partial charge in [0.2, 0.25) is 5.88 Å². The Morgan fingerprint density at radius 3 is 2.75 bits per heavy atom. The summed E-state index contributed by atoms with van der Waals surface area (Å²) in [4.78, 5) is 4.10. The maximum atomic E-state index is 5.80. The third kappa shape index (κ3) is 2.58. The van der Waals surface area contributed by atoms with E-state index in [1.807, 2.05) is 49.4 Å². The van der Waals surface area contributed by atoms with Gasteiger partial charge in [-0.2, -0.15) is 0 Å². The van der Waals surface area contributed by atoms with Crippen molar-refractivity contribution in [3.63, 3.8) is 0 Å². The molecule has 3 nitrogen and oxygen atoms in total. The SMILES string of the molecule is CC(N)c1cccc(Oc2ccccn2)c1. The molecule has 0 bridgehead atoms. The summed E-state index contributed by atoms with van der Waals surface area (Å²) in [5, 5.41) is 0. The maximum absolute atomic E-state index is 5.80. The zero-order valence-corrected chi connectivity index (χ0v) is 9.13. The molecule has 0 aliphatic rings. The van der Waals surface area contributed by atoms with Gasteiger partial charge in [0.15, 0.2) is 0 Å². The highest BCUT2D eigenvalue weighted by Crippen LogP contribution is 2.22. The van der Waals surface area contributed by atoms with Gasteiger partial charge >= 0.3 is 0 Å². The lowest BCUT2D eigenvalue weighted by Gasteiger charge is -2.08. The number of nitrogens with two attached hydrogens (primary N) is 1. The lowest BCUT2D eigenvalue weighted by Crippen LogP contribution is -2.04. The number of pyridine rings is 1. The Labute approximate surface area is 94.9 Å². The quantitative estimate of drug-likeness (QED) is 0.854. The Morgan fingerprint density at radius 2 is 2.06 bits per heavy atom. The highest BCUT2D eigenvalue weighted by Gasteiger charge is 2.02. The third-order valence-corrected chi connectivity index (χ3v) is 2.24. The third-order valence-electron chi connectivity index (χ3n) is 2.24. The van der Waals surface area contributed by atoms with Crippen molar-refractivity contribution in [2.45, 2.75) is 13.0 Å². The number of rotatable bonds is 3. The molecule has 1 heterocycles. The molecule has 1 atom stereocenters. The highest BCUT2D eigenvalue weighted by molar-refractivity contribution is 5.32. The molecule has 0 saturated heterocycles. The van der Waals surface area contributed by atoms with Gasteiger partial charge in [-0.1, -0.05) is 18.2 Å². The minimum absolute atomic E-state index is 0.00674. The molecule has 82 valence electrons. The first-order valence-electron chi connectivity index (χ1n) is 5.20. The molecule has 0 aliphatic carbocycles. The van der Waals surface area contributed by atoms with Gasteiger partial charge in [-0.25, -0.2) is 4.98 Å². The average Bonchev–Trinajstić information content (AvgIpc) is 2.30. The number of ether oxygens (including phenoxy) is 1. The van der Waals surface area contributed by atoms with Gasteiger partial charge < -0.3 is 10.5 Å². The van der Waals surface area contributed by atoms with E-state index >= 15 is 0 Å². The number of benzene rings is 1. The van der Waals surface area contributed by atoms with Crippen molar-refractivity contribution in [3.05, 3.63) is 54.2 Å². The van der Waals surface area contributed by atoms with E-state index < -0.39 is 0 Å². The van der Waals surface area contributed by atoms with Crippen molar-refractivity contribution >= 4 is 0 Å². The number of nitrogens with zero attached hydrogens (tertiary/aromatic N) is 1. The number of aromatic nitrogens is 1. The van der Waals surface area contributed by atoms with E-state index in [9.17, 15) is 0 Å². The number of hydrogen-bond donors (Lipinski definition) is 1. The van der Waals surface area contributed by atoms with Crippen LogP contribution in [0.4, 0.5) is 0 Å². The van der Waals surface area contributed by atoms with E-state index in [1.165, 1.54) is 0 Å². The summed E-state index contributed by atoms with van der Waals surface area (Å²) in [5.41, 5.74) is 6.85. The summed E-state index contributed by atoms with van der Waals surface area (Å²) in [7, 11) is 0. The predicted molar refractivity (Wildman–Crippen MR) is 63.4 cm³/mol. The van der Waals surface area contributed by atoms with Crippen molar-refractivity contribution < 1.29 is 4.74 Å². The Bertz CT molecular complexity index is 454.